The zero-order chi connectivity index (χ0) is 13.8. The quantitative estimate of drug-likeness (QED) is 0.913. The summed E-state index contributed by atoms with van der Waals surface area (Å²) in [5.41, 5.74) is 4.04. The van der Waals surface area contributed by atoms with Gasteiger partial charge in [0.1, 0.15) is 0 Å². The van der Waals surface area contributed by atoms with E-state index < -0.39 is 0 Å². The Bertz CT molecular complexity index is 570. The highest BCUT2D eigenvalue weighted by molar-refractivity contribution is 5.94. The van der Waals surface area contributed by atoms with Gasteiger partial charge in [-0.1, -0.05) is 19.1 Å². The van der Waals surface area contributed by atoms with Gasteiger partial charge in [-0.25, -0.2) is 0 Å². The van der Waals surface area contributed by atoms with Crippen LogP contribution < -0.4 is 5.32 Å². The number of benzene rings is 1. The van der Waals surface area contributed by atoms with Crippen molar-refractivity contribution in [2.45, 2.75) is 26.8 Å². The first-order valence-corrected chi connectivity index (χ1v) is 6.46. The van der Waals surface area contributed by atoms with Gasteiger partial charge < -0.3 is 5.32 Å². The molecule has 0 saturated heterocycles. The second kappa shape index (κ2) is 5.69. The van der Waals surface area contributed by atoms with E-state index >= 15 is 0 Å². The third kappa shape index (κ3) is 3.02. The normalized spacial score (nSPS) is 10.5. The van der Waals surface area contributed by atoms with Gasteiger partial charge in [0.25, 0.3) is 5.91 Å². The maximum atomic E-state index is 12.0. The van der Waals surface area contributed by atoms with Gasteiger partial charge in [-0.3, -0.25) is 9.48 Å². The van der Waals surface area contributed by atoms with Gasteiger partial charge in [0.2, 0.25) is 0 Å². The van der Waals surface area contributed by atoms with Crippen molar-refractivity contribution in [3.05, 3.63) is 52.8 Å². The van der Waals surface area contributed by atoms with Crippen LogP contribution in [0.25, 0.3) is 0 Å². The Morgan fingerprint density at radius 2 is 2.00 bits per heavy atom. The molecule has 1 aromatic heterocycles. The summed E-state index contributed by atoms with van der Waals surface area (Å²) in [6.07, 6.45) is 2.77. The van der Waals surface area contributed by atoms with Crippen LogP contribution in [0, 0.1) is 6.92 Å². The van der Waals surface area contributed by atoms with Gasteiger partial charge in [-0.15, -0.1) is 0 Å². The number of nitrogens with one attached hydrogen (secondary N) is 1. The maximum absolute atomic E-state index is 12.0. The third-order valence-electron chi connectivity index (χ3n) is 3.40. The molecule has 1 amide bonds. The van der Waals surface area contributed by atoms with E-state index in [9.17, 15) is 4.79 Å². The minimum atomic E-state index is -0.0501. The van der Waals surface area contributed by atoms with Crippen molar-refractivity contribution >= 4 is 5.91 Å². The van der Waals surface area contributed by atoms with Crippen LogP contribution in [0.3, 0.4) is 0 Å². The van der Waals surface area contributed by atoms with E-state index in [0.29, 0.717) is 12.1 Å². The molecule has 2 aromatic rings. The van der Waals surface area contributed by atoms with Crippen LogP contribution >= 0.6 is 0 Å². The molecule has 1 N–H and O–H groups in total. The monoisotopic (exact) mass is 257 g/mol. The molecule has 100 valence electrons. The number of carbonyl (C=O) groups is 1. The molecule has 19 heavy (non-hydrogen) atoms. The number of aromatic nitrogens is 2. The number of carbonyl (C=O) groups excluding carboxylic acids is 1. The lowest BCUT2D eigenvalue weighted by Gasteiger charge is -2.05. The number of hydrogen-bond acceptors (Lipinski definition) is 2. The van der Waals surface area contributed by atoms with Crippen LogP contribution in [0.2, 0.25) is 0 Å². The Morgan fingerprint density at radius 3 is 2.53 bits per heavy atom. The van der Waals surface area contributed by atoms with Gasteiger partial charge in [-0.05, 0) is 31.0 Å². The first kappa shape index (κ1) is 13.3. The van der Waals surface area contributed by atoms with Crippen LogP contribution in [-0.2, 0) is 20.0 Å². The smallest absolute Gasteiger partial charge is 0.251 e. The fourth-order valence-electron chi connectivity index (χ4n) is 1.89. The van der Waals surface area contributed by atoms with Gasteiger partial charge in [-0.2, -0.15) is 5.10 Å². The molecular formula is C15H19N3O. The van der Waals surface area contributed by atoms with E-state index in [2.05, 4.69) is 17.3 Å². The SMILES string of the molecule is CCc1ccc(C(=O)NCc2cnn(C)c2C)cc1. The average molecular weight is 257 g/mol. The lowest BCUT2D eigenvalue weighted by molar-refractivity contribution is 0.0951. The molecule has 0 aliphatic carbocycles. The molecule has 0 spiro atoms. The van der Waals surface area contributed by atoms with Crippen molar-refractivity contribution in [2.75, 3.05) is 0 Å². The first-order chi connectivity index (χ1) is 9.11. The Balaban J connectivity index is 1.99. The van der Waals surface area contributed by atoms with E-state index in [1.54, 1.807) is 10.9 Å². The largest absolute Gasteiger partial charge is 0.348 e. The number of amides is 1. The van der Waals surface area contributed by atoms with E-state index in [-0.39, 0.29) is 5.91 Å². The predicted octanol–water partition coefficient (Wildman–Crippen LogP) is 2.22. The summed E-state index contributed by atoms with van der Waals surface area (Å²) < 4.78 is 1.80. The molecule has 4 nitrogen and oxygen atoms in total. The summed E-state index contributed by atoms with van der Waals surface area (Å²) in [6, 6.07) is 7.71. The lowest BCUT2D eigenvalue weighted by atomic mass is 10.1. The molecule has 0 aliphatic rings. The third-order valence-corrected chi connectivity index (χ3v) is 3.40. The summed E-state index contributed by atoms with van der Waals surface area (Å²) in [4.78, 5) is 12.0. The molecule has 0 bridgehead atoms. The van der Waals surface area contributed by atoms with Crippen molar-refractivity contribution in [3.8, 4) is 0 Å². The Hall–Kier alpha value is -2.10. The molecule has 4 heteroatoms. The Morgan fingerprint density at radius 1 is 1.32 bits per heavy atom. The Kier molecular flexibility index (Phi) is 4.00. The van der Waals surface area contributed by atoms with Gasteiger partial charge >= 0.3 is 0 Å². The van der Waals surface area contributed by atoms with Crippen molar-refractivity contribution in [2.24, 2.45) is 7.05 Å². The van der Waals surface area contributed by atoms with Gasteiger partial charge in [0.05, 0.1) is 6.20 Å². The summed E-state index contributed by atoms with van der Waals surface area (Å²) in [5, 5.41) is 7.07. The fourth-order valence-corrected chi connectivity index (χ4v) is 1.89. The van der Waals surface area contributed by atoms with Gasteiger partial charge in [0.15, 0.2) is 0 Å². The van der Waals surface area contributed by atoms with E-state index in [1.165, 1.54) is 5.56 Å². The zero-order valence-electron chi connectivity index (χ0n) is 11.6. The maximum Gasteiger partial charge on any atom is 0.251 e. The van der Waals surface area contributed by atoms with E-state index in [0.717, 1.165) is 17.7 Å². The molecule has 0 fully saturated rings. The summed E-state index contributed by atoms with van der Waals surface area (Å²) in [5.74, 6) is -0.0501. The molecule has 0 unspecified atom stereocenters. The standard InChI is InChI=1S/C15H19N3O/c1-4-12-5-7-13(8-6-12)15(19)16-9-14-10-17-18(3)11(14)2/h5-8,10H,4,9H2,1-3H3,(H,16,19). The van der Waals surface area contributed by atoms with Crippen LogP contribution in [-0.4, -0.2) is 15.7 Å². The van der Waals surface area contributed by atoms with Crippen molar-refractivity contribution in [1.29, 1.82) is 0 Å². The molecule has 1 heterocycles. The summed E-state index contributed by atoms with van der Waals surface area (Å²) in [6.45, 7) is 4.60. The van der Waals surface area contributed by atoms with Gasteiger partial charge in [0, 0.05) is 30.4 Å². The summed E-state index contributed by atoms with van der Waals surface area (Å²) in [7, 11) is 1.89. The predicted molar refractivity (Wildman–Crippen MR) is 74.9 cm³/mol. The second-order valence-electron chi connectivity index (χ2n) is 4.61. The molecule has 0 saturated carbocycles. The van der Waals surface area contributed by atoms with Crippen molar-refractivity contribution in [3.63, 3.8) is 0 Å². The molecule has 2 rings (SSSR count). The lowest BCUT2D eigenvalue weighted by Crippen LogP contribution is -2.23. The topological polar surface area (TPSA) is 46.9 Å². The van der Waals surface area contributed by atoms with E-state index in [1.807, 2.05) is 38.2 Å². The first-order valence-electron chi connectivity index (χ1n) is 6.46. The van der Waals surface area contributed by atoms with Crippen LogP contribution in [0.5, 0.6) is 0 Å². The number of rotatable bonds is 4. The molecule has 0 radical (unpaired) electrons. The second-order valence-corrected chi connectivity index (χ2v) is 4.61. The highest BCUT2D eigenvalue weighted by atomic mass is 16.1. The van der Waals surface area contributed by atoms with Crippen LogP contribution in [0.15, 0.2) is 30.5 Å². The summed E-state index contributed by atoms with van der Waals surface area (Å²) >= 11 is 0. The van der Waals surface area contributed by atoms with E-state index in [4.69, 9.17) is 0 Å². The molecule has 1 aromatic carbocycles. The van der Waals surface area contributed by atoms with Crippen molar-refractivity contribution < 1.29 is 4.79 Å². The minimum absolute atomic E-state index is 0.0501. The highest BCUT2D eigenvalue weighted by Crippen LogP contribution is 2.07. The number of nitrogens with zero attached hydrogens (tertiary/aromatic N) is 2. The zero-order valence-corrected chi connectivity index (χ0v) is 11.6. The number of aryl methyl sites for hydroxylation is 2. The van der Waals surface area contributed by atoms with Crippen LogP contribution in [0.4, 0.5) is 0 Å². The van der Waals surface area contributed by atoms with Crippen molar-refractivity contribution in [1.82, 2.24) is 15.1 Å². The Labute approximate surface area is 113 Å². The average Bonchev–Trinajstić information content (AvgIpc) is 2.76. The highest BCUT2D eigenvalue weighted by Gasteiger charge is 2.08. The fraction of sp³-hybridized carbons (Fsp3) is 0.333. The number of hydrogen-bond donors (Lipinski definition) is 1. The van der Waals surface area contributed by atoms with Crippen LogP contribution in [0.1, 0.15) is 34.1 Å². The minimum Gasteiger partial charge on any atom is -0.348 e. The molecule has 0 atom stereocenters. The molecule has 0 aliphatic heterocycles. The molecular weight excluding hydrogens is 238 g/mol.